The van der Waals surface area contributed by atoms with Crippen LogP contribution in [0.25, 0.3) is 11.0 Å². The molecule has 120 valence electrons. The van der Waals surface area contributed by atoms with Crippen LogP contribution in [0.3, 0.4) is 0 Å². The fourth-order valence-electron chi connectivity index (χ4n) is 2.17. The first-order valence-corrected chi connectivity index (χ1v) is 6.83. The lowest BCUT2D eigenvalue weighted by molar-refractivity contribution is -0.137. The Balaban J connectivity index is 1.64. The van der Waals surface area contributed by atoms with Crippen LogP contribution in [0.1, 0.15) is 11.4 Å². The molecule has 0 radical (unpaired) electrons. The van der Waals surface area contributed by atoms with Crippen LogP contribution in [0.4, 0.5) is 23.4 Å². The highest BCUT2D eigenvalue weighted by Gasteiger charge is 2.30. The summed E-state index contributed by atoms with van der Waals surface area (Å²) in [6.07, 6.45) is -2.86. The number of aromatic amines is 1. The fraction of sp³-hybridized carbons (Fsp3) is 0.200. The molecule has 0 atom stereocenters. The molecule has 0 spiro atoms. The monoisotopic (exact) mass is 324 g/mol. The first-order chi connectivity index (χ1) is 10.9. The molecule has 0 saturated heterocycles. The van der Waals surface area contributed by atoms with E-state index in [1.165, 1.54) is 12.1 Å². The number of hydrogen-bond donors (Lipinski definition) is 2. The zero-order valence-electron chi connectivity index (χ0n) is 11.8. The molecule has 3 aromatic rings. The summed E-state index contributed by atoms with van der Waals surface area (Å²) in [5, 5.41) is 2.82. The third-order valence-corrected chi connectivity index (χ3v) is 3.25. The zero-order chi connectivity index (χ0) is 16.4. The molecule has 4 nitrogen and oxygen atoms in total. The van der Waals surface area contributed by atoms with Crippen molar-refractivity contribution in [1.82, 2.24) is 15.0 Å². The van der Waals surface area contributed by atoms with Crippen molar-refractivity contribution in [3.05, 3.63) is 53.7 Å². The topological polar surface area (TPSA) is 53.6 Å². The minimum atomic E-state index is -4.40. The molecule has 0 aliphatic heterocycles. The number of imidazole rings is 1. The van der Waals surface area contributed by atoms with Crippen LogP contribution in [0.15, 0.2) is 36.5 Å². The number of nitrogens with one attached hydrogen (secondary N) is 2. The van der Waals surface area contributed by atoms with Crippen molar-refractivity contribution in [2.45, 2.75) is 12.6 Å². The van der Waals surface area contributed by atoms with Crippen molar-refractivity contribution in [2.24, 2.45) is 0 Å². The van der Waals surface area contributed by atoms with Gasteiger partial charge in [-0.2, -0.15) is 13.2 Å². The summed E-state index contributed by atoms with van der Waals surface area (Å²) in [4.78, 5) is 11.1. The van der Waals surface area contributed by atoms with E-state index < -0.39 is 11.7 Å². The van der Waals surface area contributed by atoms with E-state index in [1.807, 2.05) is 0 Å². The van der Waals surface area contributed by atoms with Gasteiger partial charge in [-0.05, 0) is 30.3 Å². The Kier molecular flexibility index (Phi) is 3.89. The predicted octanol–water partition coefficient (Wildman–Crippen LogP) is 3.77. The number of alkyl halides is 3. The number of benzene rings is 1. The van der Waals surface area contributed by atoms with E-state index in [0.29, 0.717) is 29.8 Å². The van der Waals surface area contributed by atoms with Crippen molar-refractivity contribution in [3.63, 3.8) is 0 Å². The summed E-state index contributed by atoms with van der Waals surface area (Å²) < 4.78 is 50.9. The van der Waals surface area contributed by atoms with E-state index >= 15 is 0 Å². The maximum atomic E-state index is 13.1. The molecule has 8 heteroatoms. The highest BCUT2D eigenvalue weighted by atomic mass is 19.4. The smallest absolute Gasteiger partial charge is 0.370 e. The van der Waals surface area contributed by atoms with Crippen molar-refractivity contribution >= 4 is 16.9 Å². The number of anilines is 1. The molecule has 1 aromatic carbocycles. The summed E-state index contributed by atoms with van der Waals surface area (Å²) in [6, 6.07) is 6.09. The lowest BCUT2D eigenvalue weighted by Crippen LogP contribution is -2.10. The third-order valence-electron chi connectivity index (χ3n) is 3.25. The van der Waals surface area contributed by atoms with Crippen LogP contribution in [0, 0.1) is 5.82 Å². The van der Waals surface area contributed by atoms with Gasteiger partial charge < -0.3 is 10.3 Å². The second-order valence-corrected chi connectivity index (χ2v) is 4.95. The molecule has 0 saturated carbocycles. The molecule has 3 rings (SSSR count). The van der Waals surface area contributed by atoms with Crippen LogP contribution in [-0.4, -0.2) is 21.5 Å². The van der Waals surface area contributed by atoms with Crippen molar-refractivity contribution in [3.8, 4) is 0 Å². The minimum Gasteiger partial charge on any atom is -0.370 e. The number of nitrogens with zero attached hydrogens (tertiary/aromatic N) is 2. The number of fused-ring (bicyclic) bond motifs is 1. The van der Waals surface area contributed by atoms with Crippen LogP contribution in [0.5, 0.6) is 0 Å². The number of rotatable bonds is 4. The molecular weight excluding hydrogens is 312 g/mol. The lowest BCUT2D eigenvalue weighted by Gasteiger charge is -2.09. The Labute approximate surface area is 128 Å². The summed E-state index contributed by atoms with van der Waals surface area (Å²) in [7, 11) is 0. The molecule has 0 unspecified atom stereocenters. The maximum absolute atomic E-state index is 13.1. The van der Waals surface area contributed by atoms with Gasteiger partial charge in [0.2, 0.25) is 0 Å². The summed E-state index contributed by atoms with van der Waals surface area (Å²) in [5.41, 5.74) is 0.463. The van der Waals surface area contributed by atoms with Gasteiger partial charge in [0.15, 0.2) is 0 Å². The van der Waals surface area contributed by atoms with Crippen molar-refractivity contribution < 1.29 is 17.6 Å². The molecule has 0 bridgehead atoms. The van der Waals surface area contributed by atoms with Gasteiger partial charge in [-0.3, -0.25) is 0 Å². The number of H-pyrrole nitrogens is 1. The number of aromatic nitrogens is 3. The Bertz CT molecular complexity index is 826. The Hall–Kier alpha value is -2.64. The number of halogens is 4. The third kappa shape index (κ3) is 3.58. The van der Waals surface area contributed by atoms with Crippen molar-refractivity contribution in [1.29, 1.82) is 0 Å². The van der Waals surface area contributed by atoms with Gasteiger partial charge in [0.1, 0.15) is 17.5 Å². The average Bonchev–Trinajstić information content (AvgIpc) is 2.88. The minimum absolute atomic E-state index is 0.141. The standard InChI is InChI=1S/C15H12F4N4/c16-10-1-2-11-12(8-10)23-13(22-11)4-6-21-14-7-9(3-5-20-14)15(17,18)19/h1-3,5,7-8H,4,6H2,(H,20,21)(H,22,23). The summed E-state index contributed by atoms with van der Waals surface area (Å²) in [5.74, 6) is 0.394. The molecule has 0 aliphatic carbocycles. The lowest BCUT2D eigenvalue weighted by atomic mass is 10.2. The predicted molar refractivity (Wildman–Crippen MR) is 77.5 cm³/mol. The number of pyridine rings is 1. The van der Waals surface area contributed by atoms with E-state index in [4.69, 9.17) is 0 Å². The molecule has 2 N–H and O–H groups in total. The van der Waals surface area contributed by atoms with E-state index in [2.05, 4.69) is 20.3 Å². The van der Waals surface area contributed by atoms with Gasteiger partial charge in [-0.15, -0.1) is 0 Å². The molecule has 2 heterocycles. The van der Waals surface area contributed by atoms with Gasteiger partial charge in [-0.25, -0.2) is 14.4 Å². The summed E-state index contributed by atoms with van der Waals surface area (Å²) >= 11 is 0. The second-order valence-electron chi connectivity index (χ2n) is 4.95. The van der Waals surface area contributed by atoms with E-state index in [1.54, 1.807) is 6.07 Å². The Morgan fingerprint density at radius 3 is 2.74 bits per heavy atom. The Morgan fingerprint density at radius 2 is 1.96 bits per heavy atom. The highest BCUT2D eigenvalue weighted by Crippen LogP contribution is 2.29. The van der Waals surface area contributed by atoms with Gasteiger partial charge >= 0.3 is 6.18 Å². The average molecular weight is 324 g/mol. The molecular formula is C15H12F4N4. The van der Waals surface area contributed by atoms with Crippen molar-refractivity contribution in [2.75, 3.05) is 11.9 Å². The van der Waals surface area contributed by atoms with Crippen LogP contribution in [0.2, 0.25) is 0 Å². The fourth-order valence-corrected chi connectivity index (χ4v) is 2.17. The van der Waals surface area contributed by atoms with Gasteiger partial charge in [-0.1, -0.05) is 0 Å². The molecule has 0 aliphatic rings. The molecule has 23 heavy (non-hydrogen) atoms. The second kappa shape index (κ2) is 5.86. The quantitative estimate of drug-likeness (QED) is 0.718. The van der Waals surface area contributed by atoms with E-state index in [0.717, 1.165) is 18.3 Å². The van der Waals surface area contributed by atoms with Gasteiger partial charge in [0.05, 0.1) is 16.6 Å². The molecule has 2 aromatic heterocycles. The van der Waals surface area contributed by atoms with Gasteiger partial charge in [0, 0.05) is 19.2 Å². The van der Waals surface area contributed by atoms with Crippen LogP contribution >= 0.6 is 0 Å². The normalized spacial score (nSPS) is 11.8. The highest BCUT2D eigenvalue weighted by molar-refractivity contribution is 5.74. The van der Waals surface area contributed by atoms with Crippen LogP contribution in [-0.2, 0) is 12.6 Å². The summed E-state index contributed by atoms with van der Waals surface area (Å²) in [6.45, 7) is 0.344. The van der Waals surface area contributed by atoms with Crippen LogP contribution < -0.4 is 5.32 Å². The molecule has 0 fully saturated rings. The van der Waals surface area contributed by atoms with E-state index in [9.17, 15) is 17.6 Å². The largest absolute Gasteiger partial charge is 0.416 e. The number of hydrogen-bond acceptors (Lipinski definition) is 3. The first-order valence-electron chi connectivity index (χ1n) is 6.83. The van der Waals surface area contributed by atoms with Gasteiger partial charge in [0.25, 0.3) is 0 Å². The van der Waals surface area contributed by atoms with E-state index in [-0.39, 0.29) is 11.6 Å². The molecule has 0 amide bonds. The Morgan fingerprint density at radius 1 is 1.13 bits per heavy atom. The zero-order valence-corrected chi connectivity index (χ0v) is 11.8. The SMILES string of the molecule is Fc1ccc2nc(CCNc3cc(C(F)(F)F)ccn3)[nH]c2c1. The maximum Gasteiger partial charge on any atom is 0.416 e. The first kappa shape index (κ1) is 15.3.